The van der Waals surface area contributed by atoms with E-state index in [-0.39, 0.29) is 0 Å². The Balaban J connectivity index is 2.15. The zero-order valence-corrected chi connectivity index (χ0v) is 6.33. The molecule has 1 aliphatic carbocycles. The minimum Gasteiger partial charge on any atom is -0.381 e. The molecule has 1 aliphatic rings. The predicted octanol–water partition coefficient (Wildman–Crippen LogP) is 2.35. The van der Waals surface area contributed by atoms with Gasteiger partial charge in [0.1, 0.15) is 6.10 Å². The number of aliphatic hydroxyl groups is 1. The lowest BCUT2D eigenvalue weighted by molar-refractivity contribution is 0.301. The number of hydrogen-bond donors (Lipinski definition) is 1. The summed E-state index contributed by atoms with van der Waals surface area (Å²) in [6, 6.07) is 9.77. The summed E-state index contributed by atoms with van der Waals surface area (Å²) in [6.45, 7) is 0. The Kier molecular flexibility index (Phi) is 1.66. The molecule has 0 heterocycles. The molecule has 1 saturated carbocycles. The van der Waals surface area contributed by atoms with E-state index in [4.69, 9.17) is 0 Å². The van der Waals surface area contributed by atoms with Crippen molar-refractivity contribution in [1.82, 2.24) is 0 Å². The van der Waals surface area contributed by atoms with E-state index >= 15 is 0 Å². The highest BCUT2D eigenvalue weighted by Crippen LogP contribution is 2.39. The molecule has 0 amide bonds. The average molecular weight is 147 g/mol. The molecule has 1 aromatic rings. The molecular formula is C10H11O. The predicted molar refractivity (Wildman–Crippen MR) is 43.4 cm³/mol. The lowest BCUT2D eigenvalue weighted by Gasteiger charge is -2.06. The molecule has 1 radical (unpaired) electrons. The summed E-state index contributed by atoms with van der Waals surface area (Å²) in [6.07, 6.45) is 2.88. The van der Waals surface area contributed by atoms with E-state index in [1.807, 2.05) is 30.3 Å². The van der Waals surface area contributed by atoms with Gasteiger partial charge in [0, 0.05) is 0 Å². The van der Waals surface area contributed by atoms with Crippen LogP contribution in [0.1, 0.15) is 18.4 Å². The summed E-state index contributed by atoms with van der Waals surface area (Å²) in [5, 5.41) is 9.58. The summed E-state index contributed by atoms with van der Waals surface area (Å²) in [5.74, 6) is 0.456. The third-order valence-electron chi connectivity index (χ3n) is 2.03. The molecule has 1 fully saturated rings. The largest absolute Gasteiger partial charge is 0.381 e. The van der Waals surface area contributed by atoms with Gasteiger partial charge in [-0.05, 0) is 24.3 Å². The smallest absolute Gasteiger partial charge is 0.125 e. The lowest BCUT2D eigenvalue weighted by Crippen LogP contribution is -1.99. The first-order chi connectivity index (χ1) is 5.38. The molecule has 0 unspecified atom stereocenters. The zero-order valence-electron chi connectivity index (χ0n) is 6.33. The molecule has 11 heavy (non-hydrogen) atoms. The van der Waals surface area contributed by atoms with Gasteiger partial charge in [0.2, 0.25) is 0 Å². The van der Waals surface area contributed by atoms with Crippen LogP contribution in [0.15, 0.2) is 30.3 Å². The summed E-state index contributed by atoms with van der Waals surface area (Å²) in [4.78, 5) is 0. The topological polar surface area (TPSA) is 20.2 Å². The standard InChI is InChI=1S/C10H11O/c11-10(9-6-7-9)8-4-2-1-3-5-8/h1-5,9,11H,6-7H2. The van der Waals surface area contributed by atoms with Crippen LogP contribution in [-0.4, -0.2) is 5.11 Å². The van der Waals surface area contributed by atoms with Crippen LogP contribution in [0.25, 0.3) is 0 Å². The molecule has 0 spiro atoms. The molecule has 0 saturated heterocycles. The lowest BCUT2D eigenvalue weighted by atomic mass is 10.1. The third kappa shape index (κ3) is 1.43. The summed E-state index contributed by atoms with van der Waals surface area (Å²) < 4.78 is 0. The van der Waals surface area contributed by atoms with Crippen molar-refractivity contribution in [3.05, 3.63) is 42.0 Å². The Labute approximate surface area is 66.7 Å². The maximum Gasteiger partial charge on any atom is 0.125 e. The molecule has 0 aromatic heterocycles. The van der Waals surface area contributed by atoms with Gasteiger partial charge in [0.15, 0.2) is 0 Å². The van der Waals surface area contributed by atoms with Gasteiger partial charge in [-0.1, -0.05) is 30.3 Å². The van der Waals surface area contributed by atoms with Crippen molar-refractivity contribution >= 4 is 0 Å². The van der Waals surface area contributed by atoms with E-state index in [0.29, 0.717) is 12.0 Å². The van der Waals surface area contributed by atoms with Crippen molar-refractivity contribution in [2.24, 2.45) is 5.92 Å². The molecule has 57 valence electrons. The fourth-order valence-electron chi connectivity index (χ4n) is 1.20. The summed E-state index contributed by atoms with van der Waals surface area (Å²) >= 11 is 0. The monoisotopic (exact) mass is 147 g/mol. The average Bonchev–Trinajstić information content (AvgIpc) is 2.87. The van der Waals surface area contributed by atoms with Crippen LogP contribution in [0.5, 0.6) is 0 Å². The summed E-state index contributed by atoms with van der Waals surface area (Å²) in [7, 11) is 0. The summed E-state index contributed by atoms with van der Waals surface area (Å²) in [5.41, 5.74) is 0.981. The van der Waals surface area contributed by atoms with E-state index in [1.54, 1.807) is 0 Å². The number of rotatable bonds is 2. The van der Waals surface area contributed by atoms with E-state index in [2.05, 4.69) is 0 Å². The van der Waals surface area contributed by atoms with E-state index < -0.39 is 0 Å². The molecular weight excluding hydrogens is 136 g/mol. The van der Waals surface area contributed by atoms with Crippen molar-refractivity contribution in [2.45, 2.75) is 12.8 Å². The van der Waals surface area contributed by atoms with Gasteiger partial charge in [-0.15, -0.1) is 0 Å². The highest BCUT2D eigenvalue weighted by atomic mass is 16.3. The van der Waals surface area contributed by atoms with Crippen molar-refractivity contribution in [3.63, 3.8) is 0 Å². The normalized spacial score (nSPS) is 17.3. The molecule has 1 aromatic carbocycles. The molecule has 2 rings (SSSR count). The fraction of sp³-hybridized carbons (Fsp3) is 0.300. The van der Waals surface area contributed by atoms with E-state index in [9.17, 15) is 5.11 Å². The van der Waals surface area contributed by atoms with Crippen molar-refractivity contribution in [2.75, 3.05) is 0 Å². The third-order valence-corrected chi connectivity index (χ3v) is 2.03. The SMILES string of the molecule is O[C](c1ccccc1)C1CC1. The first kappa shape index (κ1) is 6.86. The Morgan fingerprint density at radius 2 is 1.82 bits per heavy atom. The number of benzene rings is 1. The van der Waals surface area contributed by atoms with Crippen molar-refractivity contribution < 1.29 is 5.11 Å². The Morgan fingerprint density at radius 1 is 1.18 bits per heavy atom. The molecule has 0 atom stereocenters. The van der Waals surface area contributed by atoms with Gasteiger partial charge < -0.3 is 5.11 Å². The molecule has 1 nitrogen and oxygen atoms in total. The molecule has 1 N–H and O–H groups in total. The van der Waals surface area contributed by atoms with Gasteiger partial charge in [-0.2, -0.15) is 0 Å². The van der Waals surface area contributed by atoms with Gasteiger partial charge in [-0.25, -0.2) is 0 Å². The highest BCUT2D eigenvalue weighted by molar-refractivity contribution is 5.29. The minimum absolute atomic E-state index is 0.456. The second kappa shape index (κ2) is 2.67. The quantitative estimate of drug-likeness (QED) is 0.680. The first-order valence-corrected chi connectivity index (χ1v) is 3.99. The van der Waals surface area contributed by atoms with E-state index in [1.165, 1.54) is 0 Å². The second-order valence-corrected chi connectivity index (χ2v) is 3.03. The van der Waals surface area contributed by atoms with Crippen LogP contribution < -0.4 is 0 Å². The Bertz CT molecular complexity index is 226. The van der Waals surface area contributed by atoms with Gasteiger partial charge in [-0.3, -0.25) is 0 Å². The molecule has 1 heteroatoms. The van der Waals surface area contributed by atoms with Crippen LogP contribution >= 0.6 is 0 Å². The maximum absolute atomic E-state index is 9.58. The second-order valence-electron chi connectivity index (χ2n) is 3.03. The minimum atomic E-state index is 0.456. The molecule has 0 aliphatic heterocycles. The molecule has 0 bridgehead atoms. The van der Waals surface area contributed by atoms with Gasteiger partial charge in [0.25, 0.3) is 0 Å². The van der Waals surface area contributed by atoms with Crippen molar-refractivity contribution in [1.29, 1.82) is 0 Å². The van der Waals surface area contributed by atoms with Gasteiger partial charge >= 0.3 is 0 Å². The van der Waals surface area contributed by atoms with Crippen LogP contribution in [0.4, 0.5) is 0 Å². The Morgan fingerprint density at radius 3 is 2.36 bits per heavy atom. The maximum atomic E-state index is 9.58. The fourth-order valence-corrected chi connectivity index (χ4v) is 1.20. The first-order valence-electron chi connectivity index (χ1n) is 3.99. The van der Waals surface area contributed by atoms with Crippen LogP contribution in [0.3, 0.4) is 0 Å². The van der Waals surface area contributed by atoms with Crippen LogP contribution in [-0.2, 0) is 0 Å². The van der Waals surface area contributed by atoms with Crippen LogP contribution in [0, 0.1) is 12.0 Å². The van der Waals surface area contributed by atoms with Gasteiger partial charge in [0.05, 0.1) is 0 Å². The highest BCUT2D eigenvalue weighted by Gasteiger charge is 2.31. The Hall–Kier alpha value is -0.820. The zero-order chi connectivity index (χ0) is 7.68. The number of aliphatic hydroxyl groups excluding tert-OH is 1. The van der Waals surface area contributed by atoms with Crippen LogP contribution in [0.2, 0.25) is 0 Å². The van der Waals surface area contributed by atoms with Crippen molar-refractivity contribution in [3.8, 4) is 0 Å². The number of hydrogen-bond acceptors (Lipinski definition) is 1. The van der Waals surface area contributed by atoms with E-state index in [0.717, 1.165) is 18.4 Å².